The first-order valence-electron chi connectivity index (χ1n) is 11.7. The van der Waals surface area contributed by atoms with Crippen LogP contribution in [-0.4, -0.2) is 52.8 Å². The molecule has 0 N–H and O–H groups in total. The number of methoxy groups -OCH3 is 1. The van der Waals surface area contributed by atoms with Crippen molar-refractivity contribution in [2.45, 2.75) is 45.3 Å². The van der Waals surface area contributed by atoms with Crippen LogP contribution in [0.2, 0.25) is 0 Å². The Kier molecular flexibility index (Phi) is 6.13. The molecule has 1 saturated heterocycles. The van der Waals surface area contributed by atoms with E-state index in [1.54, 1.807) is 37.4 Å². The lowest BCUT2D eigenvalue weighted by atomic mass is 10.0. The minimum atomic E-state index is -0.903. The van der Waals surface area contributed by atoms with E-state index >= 15 is 0 Å². The summed E-state index contributed by atoms with van der Waals surface area (Å²) in [6.45, 7) is 6.60. The second kappa shape index (κ2) is 9.40. The van der Waals surface area contributed by atoms with Gasteiger partial charge >= 0.3 is 0 Å². The molecule has 2 aromatic carbocycles. The molecular formula is C25H26N6O5. The summed E-state index contributed by atoms with van der Waals surface area (Å²) in [6, 6.07) is 11.0. The van der Waals surface area contributed by atoms with E-state index in [9.17, 15) is 9.59 Å². The number of benzene rings is 2. The molecule has 11 nitrogen and oxygen atoms in total. The summed E-state index contributed by atoms with van der Waals surface area (Å²) >= 11 is 0. The molecule has 3 heterocycles. The predicted octanol–water partition coefficient (Wildman–Crippen LogP) is 3.76. The van der Waals surface area contributed by atoms with Crippen molar-refractivity contribution >= 4 is 17.5 Å². The summed E-state index contributed by atoms with van der Waals surface area (Å²) in [5, 5.41) is 13.6. The number of imide groups is 1. The van der Waals surface area contributed by atoms with Crippen LogP contribution < -0.4 is 14.4 Å². The average molecular weight is 491 g/mol. The summed E-state index contributed by atoms with van der Waals surface area (Å²) in [5.41, 5.74) is 2.31. The molecule has 11 heteroatoms. The lowest BCUT2D eigenvalue weighted by molar-refractivity contribution is -0.123. The van der Waals surface area contributed by atoms with E-state index in [0.717, 1.165) is 5.56 Å². The van der Waals surface area contributed by atoms with Gasteiger partial charge in [-0.3, -0.25) is 14.6 Å². The predicted molar refractivity (Wildman–Crippen MR) is 128 cm³/mol. The van der Waals surface area contributed by atoms with Crippen molar-refractivity contribution in [3.8, 4) is 22.9 Å². The number of anilines is 1. The Morgan fingerprint density at radius 3 is 2.53 bits per heavy atom. The van der Waals surface area contributed by atoms with Gasteiger partial charge in [-0.25, -0.2) is 4.90 Å². The van der Waals surface area contributed by atoms with Gasteiger partial charge in [0, 0.05) is 5.56 Å². The Morgan fingerprint density at radius 2 is 1.83 bits per heavy atom. The number of ether oxygens (including phenoxy) is 2. The molecule has 2 aliphatic heterocycles. The summed E-state index contributed by atoms with van der Waals surface area (Å²) in [5.74, 6) is 1.30. The zero-order chi connectivity index (χ0) is 25.4. The number of amides is 2. The second-order valence-corrected chi connectivity index (χ2v) is 8.76. The largest absolute Gasteiger partial charge is 0.493 e. The van der Waals surface area contributed by atoms with Gasteiger partial charge in [0.2, 0.25) is 11.7 Å². The molecular weight excluding hydrogens is 464 g/mol. The van der Waals surface area contributed by atoms with E-state index < -0.39 is 18.0 Å². The maximum Gasteiger partial charge on any atom is 0.263 e. The van der Waals surface area contributed by atoms with Crippen LogP contribution in [0.15, 0.2) is 57.3 Å². The standard InChI is InChI=1S/C25H26N6O5/c1-5-35-18-11-8-16(12-19(18)34-4)23-26-20(36-28-23)13-30-22-21(27-29-30)24(32)31(25(22)33)17-9-6-15(7-10-17)14(2)3/h6-12,14,21-22H,5,13H2,1-4H3/t21-,22-/m0/s1. The highest BCUT2D eigenvalue weighted by Crippen LogP contribution is 2.34. The first-order valence-corrected chi connectivity index (χ1v) is 11.7. The van der Waals surface area contributed by atoms with Crippen LogP contribution in [0.25, 0.3) is 11.4 Å². The van der Waals surface area contributed by atoms with Crippen molar-refractivity contribution < 1.29 is 23.6 Å². The highest BCUT2D eigenvalue weighted by atomic mass is 16.5. The minimum absolute atomic E-state index is 0.0327. The molecule has 3 aromatic rings. The highest BCUT2D eigenvalue weighted by molar-refractivity contribution is 6.25. The van der Waals surface area contributed by atoms with Crippen LogP contribution >= 0.6 is 0 Å². The lowest BCUT2D eigenvalue weighted by Crippen LogP contribution is -2.39. The van der Waals surface area contributed by atoms with Gasteiger partial charge in [-0.1, -0.05) is 36.4 Å². The first kappa shape index (κ1) is 23.5. The zero-order valence-electron chi connectivity index (χ0n) is 20.4. The molecule has 2 atom stereocenters. The van der Waals surface area contributed by atoms with Crippen molar-refractivity contribution in [1.82, 2.24) is 15.1 Å². The molecule has 2 amide bonds. The molecule has 1 fully saturated rings. The number of hydrogen-bond acceptors (Lipinski definition) is 10. The molecule has 186 valence electrons. The molecule has 0 radical (unpaired) electrons. The zero-order valence-corrected chi connectivity index (χ0v) is 20.4. The Balaban J connectivity index is 1.32. The number of aromatic nitrogens is 2. The third kappa shape index (κ3) is 4.06. The number of nitrogens with zero attached hydrogens (tertiary/aromatic N) is 6. The normalized spacial score (nSPS) is 18.9. The van der Waals surface area contributed by atoms with Crippen LogP contribution in [0.3, 0.4) is 0 Å². The van der Waals surface area contributed by atoms with Gasteiger partial charge in [0.05, 0.1) is 19.4 Å². The summed E-state index contributed by atoms with van der Waals surface area (Å²) in [6.07, 6.45) is 0. The summed E-state index contributed by atoms with van der Waals surface area (Å²) in [4.78, 5) is 31.8. The van der Waals surface area contributed by atoms with Gasteiger partial charge < -0.3 is 14.0 Å². The molecule has 0 saturated carbocycles. The van der Waals surface area contributed by atoms with Crippen LogP contribution in [0.5, 0.6) is 11.5 Å². The molecule has 5 rings (SSSR count). The van der Waals surface area contributed by atoms with Gasteiger partial charge in [-0.05, 0) is 48.7 Å². The fourth-order valence-corrected chi connectivity index (χ4v) is 4.27. The molecule has 0 bridgehead atoms. The molecule has 2 aliphatic rings. The van der Waals surface area contributed by atoms with E-state index in [0.29, 0.717) is 41.1 Å². The van der Waals surface area contributed by atoms with Crippen molar-refractivity contribution in [3.63, 3.8) is 0 Å². The minimum Gasteiger partial charge on any atom is -0.493 e. The summed E-state index contributed by atoms with van der Waals surface area (Å²) < 4.78 is 16.3. The van der Waals surface area contributed by atoms with E-state index in [1.165, 1.54) is 9.91 Å². The molecule has 1 aromatic heterocycles. The van der Waals surface area contributed by atoms with Crippen molar-refractivity contribution in [2.24, 2.45) is 10.3 Å². The lowest BCUT2D eigenvalue weighted by Gasteiger charge is -2.19. The van der Waals surface area contributed by atoms with Crippen molar-refractivity contribution in [3.05, 3.63) is 53.9 Å². The van der Waals surface area contributed by atoms with Gasteiger partial charge in [0.15, 0.2) is 23.6 Å². The fraction of sp³-hybridized carbons (Fsp3) is 0.360. The maximum absolute atomic E-state index is 13.3. The Morgan fingerprint density at radius 1 is 1.06 bits per heavy atom. The Hall–Kier alpha value is -4.28. The summed E-state index contributed by atoms with van der Waals surface area (Å²) in [7, 11) is 1.56. The average Bonchev–Trinajstić information content (AvgIpc) is 3.57. The third-order valence-corrected chi connectivity index (χ3v) is 6.16. The van der Waals surface area contributed by atoms with Crippen LogP contribution in [0, 0.1) is 0 Å². The fourth-order valence-electron chi connectivity index (χ4n) is 4.27. The third-order valence-electron chi connectivity index (χ3n) is 6.16. The van der Waals surface area contributed by atoms with Gasteiger partial charge in [0.25, 0.3) is 11.8 Å². The highest BCUT2D eigenvalue weighted by Gasteiger charge is 2.55. The first-order chi connectivity index (χ1) is 17.4. The van der Waals surface area contributed by atoms with Crippen LogP contribution in [0.4, 0.5) is 5.69 Å². The Bertz CT molecular complexity index is 1320. The van der Waals surface area contributed by atoms with Crippen LogP contribution in [-0.2, 0) is 16.1 Å². The quantitative estimate of drug-likeness (QED) is 0.438. The smallest absolute Gasteiger partial charge is 0.263 e. The van der Waals surface area contributed by atoms with Crippen LogP contribution in [0.1, 0.15) is 38.1 Å². The van der Waals surface area contributed by atoms with E-state index in [2.05, 4.69) is 34.3 Å². The van der Waals surface area contributed by atoms with E-state index in [1.807, 2.05) is 19.1 Å². The maximum atomic E-state index is 13.3. The van der Waals surface area contributed by atoms with Crippen molar-refractivity contribution in [2.75, 3.05) is 18.6 Å². The Labute approximate surface area is 207 Å². The van der Waals surface area contributed by atoms with E-state index in [4.69, 9.17) is 14.0 Å². The number of carbonyl (C=O) groups is 2. The molecule has 0 unspecified atom stereocenters. The van der Waals surface area contributed by atoms with Gasteiger partial charge in [-0.2, -0.15) is 10.1 Å². The molecule has 0 spiro atoms. The number of hydrogen-bond donors (Lipinski definition) is 0. The van der Waals surface area contributed by atoms with Gasteiger partial charge in [-0.15, -0.1) is 0 Å². The second-order valence-electron chi connectivity index (χ2n) is 8.76. The van der Waals surface area contributed by atoms with E-state index in [-0.39, 0.29) is 18.3 Å². The monoisotopic (exact) mass is 490 g/mol. The number of rotatable bonds is 8. The number of fused-ring (bicyclic) bond motifs is 1. The van der Waals surface area contributed by atoms with Crippen molar-refractivity contribution in [1.29, 1.82) is 0 Å². The molecule has 0 aliphatic carbocycles. The van der Waals surface area contributed by atoms with Gasteiger partial charge in [0.1, 0.15) is 6.54 Å². The SMILES string of the molecule is CCOc1ccc(-c2noc(CN3N=N[C@@H]4C(=O)N(c5ccc(C(C)C)cc5)C(=O)[C@H]43)n2)cc1OC. The topological polar surface area (TPSA) is 123 Å². The number of carbonyl (C=O) groups excluding carboxylic acids is 2. The molecule has 36 heavy (non-hydrogen) atoms.